The van der Waals surface area contributed by atoms with Crippen LogP contribution in [-0.4, -0.2) is 44.5 Å². The summed E-state index contributed by atoms with van der Waals surface area (Å²) >= 11 is 26.3. The second-order valence-electron chi connectivity index (χ2n) is 14.6. The van der Waals surface area contributed by atoms with Gasteiger partial charge < -0.3 is 15.6 Å². The van der Waals surface area contributed by atoms with Crippen molar-refractivity contribution < 1.29 is 0 Å². The van der Waals surface area contributed by atoms with Gasteiger partial charge in [0, 0.05) is 64.4 Å². The first-order valence-electron chi connectivity index (χ1n) is 17.9. The summed E-state index contributed by atoms with van der Waals surface area (Å²) in [6.07, 6.45) is 15.3. The molecule has 0 aliphatic carbocycles. The molecule has 1 fully saturated rings. The van der Waals surface area contributed by atoms with Crippen LogP contribution in [0.25, 0.3) is 10.9 Å². The molecule has 0 spiro atoms. The van der Waals surface area contributed by atoms with Crippen LogP contribution in [0.15, 0.2) is 97.2 Å². The van der Waals surface area contributed by atoms with Gasteiger partial charge in [-0.2, -0.15) is 5.26 Å². The zero-order chi connectivity index (χ0) is 38.9. The van der Waals surface area contributed by atoms with E-state index in [0.717, 1.165) is 42.8 Å². The summed E-state index contributed by atoms with van der Waals surface area (Å²) in [5.74, 6) is 3.08. The Labute approximate surface area is 341 Å². The second kappa shape index (κ2) is 16.2. The Kier molecular flexibility index (Phi) is 11.3. The summed E-state index contributed by atoms with van der Waals surface area (Å²) in [4.78, 5) is 13.5. The van der Waals surface area contributed by atoms with Crippen molar-refractivity contribution in [1.29, 1.82) is 5.26 Å². The number of pyridine rings is 2. The van der Waals surface area contributed by atoms with Gasteiger partial charge in [-0.1, -0.05) is 76.6 Å². The molecule has 2 aliphatic heterocycles. The van der Waals surface area contributed by atoms with Crippen LogP contribution in [0.1, 0.15) is 62.4 Å². The van der Waals surface area contributed by atoms with Crippen LogP contribution in [0.5, 0.6) is 0 Å². The lowest BCUT2D eigenvalue weighted by Crippen LogP contribution is -2.52. The zero-order valence-corrected chi connectivity index (χ0v) is 33.5. The highest BCUT2D eigenvalue weighted by molar-refractivity contribution is 6.36. The number of fused-ring (bicyclic) bond motifs is 1. The average Bonchev–Trinajstić information content (AvgIpc) is 3.66. The highest BCUT2D eigenvalue weighted by Crippen LogP contribution is 2.44. The number of nitrogens with one attached hydrogen (secondary N) is 3. The van der Waals surface area contributed by atoms with Crippen LogP contribution in [0.4, 0.5) is 17.1 Å². The summed E-state index contributed by atoms with van der Waals surface area (Å²) in [6, 6.07) is 22.2. The highest BCUT2D eigenvalue weighted by Gasteiger charge is 2.36. The molecule has 0 saturated carbocycles. The molecule has 13 heteroatoms. The number of hydrogen-bond acceptors (Lipinski definition) is 9. The molecule has 0 amide bonds. The van der Waals surface area contributed by atoms with Gasteiger partial charge in [-0.05, 0) is 87.2 Å². The van der Waals surface area contributed by atoms with Crippen LogP contribution >= 0.6 is 46.4 Å². The fraction of sp³-hybridized carbons (Fsp3) is 0.262. The van der Waals surface area contributed by atoms with Gasteiger partial charge in [0.25, 0.3) is 0 Å². The van der Waals surface area contributed by atoms with E-state index in [0.29, 0.717) is 53.6 Å². The van der Waals surface area contributed by atoms with Crippen molar-refractivity contribution in [1.82, 2.24) is 30.8 Å². The van der Waals surface area contributed by atoms with E-state index in [9.17, 15) is 5.26 Å². The van der Waals surface area contributed by atoms with Crippen LogP contribution in [0.3, 0.4) is 0 Å². The van der Waals surface area contributed by atoms with Crippen molar-refractivity contribution >= 4 is 74.4 Å². The number of nitrogens with zero attached hydrogens (tertiary/aromatic N) is 6. The summed E-state index contributed by atoms with van der Waals surface area (Å²) in [7, 11) is 0. The van der Waals surface area contributed by atoms with Crippen molar-refractivity contribution in [2.45, 2.75) is 57.3 Å². The Morgan fingerprint density at radius 1 is 0.909 bits per heavy atom. The summed E-state index contributed by atoms with van der Waals surface area (Å²) in [5, 5.41) is 18.4. The number of hydrazine groups is 2. The molecule has 4 heterocycles. The number of terminal acetylenes is 1. The van der Waals surface area contributed by atoms with Gasteiger partial charge in [-0.25, -0.2) is 0 Å². The lowest BCUT2D eigenvalue weighted by molar-refractivity contribution is 0.0570. The molecule has 55 heavy (non-hydrogen) atoms. The maximum absolute atomic E-state index is 10.3. The lowest BCUT2D eigenvalue weighted by Gasteiger charge is -2.42. The number of anilines is 3. The van der Waals surface area contributed by atoms with Crippen molar-refractivity contribution in [2.75, 3.05) is 23.3 Å². The van der Waals surface area contributed by atoms with Crippen LogP contribution in [-0.2, 0) is 0 Å². The number of nitriles is 1. The molecule has 2 aliphatic rings. The van der Waals surface area contributed by atoms with Gasteiger partial charge in [-0.3, -0.25) is 19.9 Å². The summed E-state index contributed by atoms with van der Waals surface area (Å²) in [5.41, 5.74) is 12.3. The van der Waals surface area contributed by atoms with E-state index in [4.69, 9.17) is 52.8 Å². The molecule has 0 radical (unpaired) electrons. The molecule has 280 valence electrons. The Hall–Kier alpha value is -4.71. The van der Waals surface area contributed by atoms with Crippen molar-refractivity contribution in [3.05, 3.63) is 134 Å². The van der Waals surface area contributed by atoms with Gasteiger partial charge in [-0.15, -0.1) is 12.0 Å². The predicted molar refractivity (Wildman–Crippen MR) is 224 cm³/mol. The fourth-order valence-electron chi connectivity index (χ4n) is 7.30. The monoisotopic (exact) mass is 809 g/mol. The van der Waals surface area contributed by atoms with E-state index in [-0.39, 0.29) is 11.6 Å². The van der Waals surface area contributed by atoms with E-state index in [2.05, 4.69) is 80.0 Å². The SMILES string of the molecule is C#CC(c1ccc(Cl)cc1)N(c1cc(Cl)c2ncc(C#N)c(Nc3cncc(Cl)c3)c2c1)C(C1=CN(C2CCN(C(C)(C)C)CC2)NN1)c1ccc(Cl)cc1. The molecule has 3 aromatic carbocycles. The average molecular weight is 812 g/mol. The first-order chi connectivity index (χ1) is 26.4. The number of benzene rings is 3. The van der Waals surface area contributed by atoms with Crippen molar-refractivity contribution in [3.63, 3.8) is 0 Å². The molecule has 1 saturated heterocycles. The maximum Gasteiger partial charge on any atom is 0.116 e. The van der Waals surface area contributed by atoms with E-state index in [1.807, 2.05) is 60.7 Å². The molecule has 9 nitrogen and oxygen atoms in total. The van der Waals surface area contributed by atoms with Gasteiger partial charge in [0.05, 0.1) is 50.4 Å². The van der Waals surface area contributed by atoms with E-state index >= 15 is 0 Å². The number of likely N-dealkylation sites (tertiary alicyclic amines) is 1. The first-order valence-corrected chi connectivity index (χ1v) is 19.4. The van der Waals surface area contributed by atoms with E-state index < -0.39 is 12.1 Å². The van der Waals surface area contributed by atoms with Crippen LogP contribution < -0.4 is 21.2 Å². The van der Waals surface area contributed by atoms with Crippen LogP contribution in [0, 0.1) is 23.7 Å². The Bertz CT molecular complexity index is 2300. The third kappa shape index (κ3) is 8.29. The third-order valence-electron chi connectivity index (χ3n) is 10.1. The van der Waals surface area contributed by atoms with Gasteiger partial charge >= 0.3 is 0 Å². The number of hydrogen-bond donors (Lipinski definition) is 3. The van der Waals surface area contributed by atoms with E-state index in [1.165, 1.54) is 6.20 Å². The number of halogens is 4. The minimum Gasteiger partial charge on any atom is -0.353 e. The van der Waals surface area contributed by atoms with Crippen LogP contribution in [0.2, 0.25) is 20.1 Å². The van der Waals surface area contributed by atoms with Gasteiger partial charge in [0.1, 0.15) is 12.1 Å². The zero-order valence-electron chi connectivity index (χ0n) is 30.5. The van der Waals surface area contributed by atoms with Crippen molar-refractivity contribution in [2.24, 2.45) is 0 Å². The number of rotatable bonds is 9. The predicted octanol–water partition coefficient (Wildman–Crippen LogP) is 10.2. The molecular formula is C42H39Cl4N9. The van der Waals surface area contributed by atoms with Crippen molar-refractivity contribution in [3.8, 4) is 18.4 Å². The molecule has 2 aromatic heterocycles. The molecule has 3 N–H and O–H groups in total. The smallest absolute Gasteiger partial charge is 0.116 e. The molecule has 7 rings (SSSR count). The van der Waals surface area contributed by atoms with E-state index in [1.54, 1.807) is 18.5 Å². The normalized spacial score (nSPS) is 16.2. The fourth-order valence-corrected chi connectivity index (χ4v) is 7.99. The third-order valence-corrected chi connectivity index (χ3v) is 11.1. The van der Waals surface area contributed by atoms with Gasteiger partial charge in [0.15, 0.2) is 0 Å². The Balaban J connectivity index is 1.41. The standard InChI is InChI=1S/C42H39Cl4N9/c1-5-38(26-6-10-29(43)11-7-26)55(34-19-35-39(50-32-18-31(45)23-48-24-32)28(21-47)22-49-40(35)36(46)20-34)41(27-8-12-30(44)13-9-27)37-25-54(52-51-37)33-14-16-53(17-15-33)42(2,3)4/h1,6-13,18-20,22-25,33,38,41,51-52H,14-17H2,2-4H3,(H,49,50). The maximum atomic E-state index is 10.3. The Morgan fingerprint density at radius 3 is 2.20 bits per heavy atom. The molecule has 2 unspecified atom stereocenters. The molecule has 0 bridgehead atoms. The number of piperidine rings is 1. The summed E-state index contributed by atoms with van der Waals surface area (Å²) in [6.45, 7) is 8.78. The quantitative estimate of drug-likeness (QED) is 0.126. The number of aromatic nitrogens is 2. The minimum absolute atomic E-state index is 0.111. The highest BCUT2D eigenvalue weighted by atomic mass is 35.5. The molecule has 5 aromatic rings. The minimum atomic E-state index is -0.626. The second-order valence-corrected chi connectivity index (χ2v) is 16.3. The topological polar surface area (TPSA) is 95.4 Å². The molecule has 2 atom stereocenters. The summed E-state index contributed by atoms with van der Waals surface area (Å²) < 4.78 is 0. The Morgan fingerprint density at radius 2 is 1.58 bits per heavy atom. The first kappa shape index (κ1) is 38.6. The van der Waals surface area contributed by atoms with Gasteiger partial charge in [0.2, 0.25) is 0 Å². The lowest BCUT2D eigenvalue weighted by atomic mass is 9.95. The molecular weight excluding hydrogens is 772 g/mol. The largest absolute Gasteiger partial charge is 0.353 e.